The molecule has 2 unspecified atom stereocenters. The van der Waals surface area contributed by atoms with E-state index in [1.807, 2.05) is 6.08 Å². The van der Waals surface area contributed by atoms with Crippen LogP contribution in [-0.2, 0) is 17.6 Å². The molecule has 0 bridgehead atoms. The zero-order valence-electron chi connectivity index (χ0n) is 19.8. The van der Waals surface area contributed by atoms with E-state index in [-0.39, 0.29) is 10.8 Å². The molecular weight excluding hydrogens is 392 g/mol. The number of carbonyl (C=O) groups excluding carboxylic acids is 1. The molecule has 1 N–H and O–H groups in total. The number of aliphatic hydroxyl groups is 1. The third-order valence-corrected chi connectivity index (χ3v) is 10.9. The topological polar surface area (TPSA) is 37.3 Å². The van der Waals surface area contributed by atoms with Crippen molar-refractivity contribution in [3.05, 3.63) is 46.5 Å². The van der Waals surface area contributed by atoms with Gasteiger partial charge in [0, 0.05) is 11.8 Å². The van der Waals surface area contributed by atoms with Crippen LogP contribution in [0.5, 0.6) is 0 Å². The van der Waals surface area contributed by atoms with Crippen molar-refractivity contribution in [3.63, 3.8) is 0 Å². The Morgan fingerprint density at radius 3 is 2.84 bits per heavy atom. The minimum absolute atomic E-state index is 0.118. The van der Waals surface area contributed by atoms with Gasteiger partial charge in [-0.1, -0.05) is 50.5 Å². The fraction of sp³-hybridized carbons (Fsp3) is 0.633. The average molecular weight is 429 g/mol. The smallest absolute Gasteiger partial charge is 0.155 e. The first kappa shape index (κ1) is 20.7. The van der Waals surface area contributed by atoms with Gasteiger partial charge in [0.1, 0.15) is 5.60 Å². The number of ketones is 1. The second-order valence-electron chi connectivity index (χ2n) is 12.0. The lowest BCUT2D eigenvalue weighted by Crippen LogP contribution is -2.61. The lowest BCUT2D eigenvalue weighted by Gasteiger charge is -2.66. The molecule has 8 atom stereocenters. The van der Waals surface area contributed by atoms with Crippen LogP contribution in [-0.4, -0.2) is 16.5 Å². The van der Waals surface area contributed by atoms with Crippen LogP contribution < -0.4 is 0 Å². The molecule has 6 rings (SSSR count). The molecule has 5 aliphatic rings. The SMILES string of the molecule is C#C[C@]1(O)CC[C@H]2[C@H]3C4C(C[C@@]21C)c1ccc(CC)cc1C[C@@]41CCC(=O)C=C1C[C@H]3C. The molecule has 168 valence electrons. The molecule has 0 radical (unpaired) electrons. The van der Waals surface area contributed by atoms with Gasteiger partial charge in [0.25, 0.3) is 0 Å². The number of benzene rings is 1. The van der Waals surface area contributed by atoms with E-state index in [1.165, 1.54) is 22.3 Å². The summed E-state index contributed by atoms with van der Waals surface area (Å²) in [6.45, 7) is 6.93. The first-order valence-corrected chi connectivity index (χ1v) is 12.8. The number of fused-ring (bicyclic) bond motifs is 4. The molecule has 0 aromatic heterocycles. The lowest BCUT2D eigenvalue weighted by molar-refractivity contribution is -0.136. The first-order valence-electron chi connectivity index (χ1n) is 12.8. The van der Waals surface area contributed by atoms with Crippen LogP contribution in [0, 0.1) is 46.8 Å². The Morgan fingerprint density at radius 2 is 2.09 bits per heavy atom. The predicted octanol–water partition coefficient (Wildman–Crippen LogP) is 5.62. The minimum Gasteiger partial charge on any atom is -0.377 e. The van der Waals surface area contributed by atoms with Gasteiger partial charge in [-0.05, 0) is 103 Å². The van der Waals surface area contributed by atoms with Crippen molar-refractivity contribution < 1.29 is 9.90 Å². The number of carbonyl (C=O) groups is 1. The van der Waals surface area contributed by atoms with Crippen molar-refractivity contribution in [2.24, 2.45) is 34.5 Å². The fourth-order valence-corrected chi connectivity index (χ4v) is 9.46. The second-order valence-corrected chi connectivity index (χ2v) is 12.0. The molecule has 0 aliphatic heterocycles. The van der Waals surface area contributed by atoms with E-state index in [4.69, 9.17) is 6.42 Å². The van der Waals surface area contributed by atoms with Gasteiger partial charge in [-0.25, -0.2) is 0 Å². The highest BCUT2D eigenvalue weighted by atomic mass is 16.3. The zero-order valence-corrected chi connectivity index (χ0v) is 19.8. The van der Waals surface area contributed by atoms with Crippen LogP contribution in [0.4, 0.5) is 0 Å². The van der Waals surface area contributed by atoms with Gasteiger partial charge in [0.2, 0.25) is 0 Å². The van der Waals surface area contributed by atoms with Crippen molar-refractivity contribution in [1.82, 2.24) is 0 Å². The monoisotopic (exact) mass is 428 g/mol. The predicted molar refractivity (Wildman–Crippen MR) is 127 cm³/mol. The number of hydrogen-bond acceptors (Lipinski definition) is 2. The molecule has 5 aliphatic carbocycles. The van der Waals surface area contributed by atoms with E-state index < -0.39 is 5.60 Å². The third-order valence-electron chi connectivity index (χ3n) is 10.9. The summed E-state index contributed by atoms with van der Waals surface area (Å²) in [5.74, 6) is 5.71. The van der Waals surface area contributed by atoms with Crippen LogP contribution in [0.3, 0.4) is 0 Å². The Bertz CT molecular complexity index is 1070. The van der Waals surface area contributed by atoms with Gasteiger partial charge in [-0.3, -0.25) is 4.79 Å². The largest absolute Gasteiger partial charge is 0.377 e. The second kappa shape index (κ2) is 6.60. The normalized spacial score (nSPS) is 46.3. The van der Waals surface area contributed by atoms with Gasteiger partial charge in [0.05, 0.1) is 0 Å². The van der Waals surface area contributed by atoms with Gasteiger partial charge in [0.15, 0.2) is 5.78 Å². The summed E-state index contributed by atoms with van der Waals surface area (Å²) in [5.41, 5.74) is 4.70. The maximum Gasteiger partial charge on any atom is 0.155 e. The van der Waals surface area contributed by atoms with Crippen LogP contribution >= 0.6 is 0 Å². The number of aryl methyl sites for hydroxylation is 1. The standard InChI is InChI=1S/C30H36O2/c1-5-19-7-8-23-20(14-19)16-29-11-9-22(31)15-21(29)13-18(3)26-25-10-12-30(32,6-2)28(25,4)17-24(23)27(26)29/h2,7-8,14-15,18,24-27,32H,5,9-13,16-17H2,1,3-4H3/t18-,24?,25+,26+,27?,28+,29-,30+/m1/s1. The Morgan fingerprint density at radius 1 is 1.28 bits per heavy atom. The van der Waals surface area contributed by atoms with Crippen molar-refractivity contribution in [3.8, 4) is 12.3 Å². The zero-order chi connectivity index (χ0) is 22.5. The van der Waals surface area contributed by atoms with Crippen molar-refractivity contribution in [1.29, 1.82) is 0 Å². The van der Waals surface area contributed by atoms with Crippen LogP contribution in [0.1, 0.15) is 81.9 Å². The molecule has 0 heterocycles. The van der Waals surface area contributed by atoms with Crippen molar-refractivity contribution in [2.75, 3.05) is 0 Å². The van der Waals surface area contributed by atoms with Gasteiger partial charge >= 0.3 is 0 Å². The Labute approximate surface area is 192 Å². The average Bonchev–Trinajstić information content (AvgIpc) is 3.05. The molecule has 1 aromatic carbocycles. The van der Waals surface area contributed by atoms with E-state index in [0.717, 1.165) is 44.9 Å². The van der Waals surface area contributed by atoms with Crippen LogP contribution in [0.2, 0.25) is 0 Å². The van der Waals surface area contributed by atoms with Crippen molar-refractivity contribution in [2.45, 2.75) is 83.7 Å². The molecule has 1 aromatic rings. The highest BCUT2D eigenvalue weighted by Gasteiger charge is 2.69. The van der Waals surface area contributed by atoms with E-state index in [0.29, 0.717) is 41.8 Å². The summed E-state index contributed by atoms with van der Waals surface area (Å²) < 4.78 is 0. The summed E-state index contributed by atoms with van der Waals surface area (Å²) in [7, 11) is 0. The van der Waals surface area contributed by atoms with Gasteiger partial charge in [-0.2, -0.15) is 0 Å². The number of allylic oxidation sites excluding steroid dienone is 1. The van der Waals surface area contributed by atoms with E-state index >= 15 is 0 Å². The summed E-state index contributed by atoms with van der Waals surface area (Å²) >= 11 is 0. The molecular formula is C30H36O2. The van der Waals surface area contributed by atoms with Gasteiger partial charge < -0.3 is 5.11 Å². The van der Waals surface area contributed by atoms with E-state index in [1.54, 1.807) is 0 Å². The minimum atomic E-state index is -1.00. The molecule has 3 fully saturated rings. The molecule has 32 heavy (non-hydrogen) atoms. The molecule has 2 heteroatoms. The number of hydrogen-bond donors (Lipinski definition) is 1. The van der Waals surface area contributed by atoms with Crippen molar-refractivity contribution >= 4 is 5.78 Å². The maximum absolute atomic E-state index is 12.5. The summed E-state index contributed by atoms with van der Waals surface area (Å²) in [5, 5.41) is 11.6. The quantitative estimate of drug-likeness (QED) is 0.590. The summed E-state index contributed by atoms with van der Waals surface area (Å²) in [4.78, 5) is 12.5. The maximum atomic E-state index is 12.5. The van der Waals surface area contributed by atoms with E-state index in [9.17, 15) is 9.90 Å². The number of rotatable bonds is 1. The Balaban J connectivity index is 1.59. The summed E-state index contributed by atoms with van der Waals surface area (Å²) in [6, 6.07) is 7.15. The highest BCUT2D eigenvalue weighted by molar-refractivity contribution is 5.91. The first-order chi connectivity index (χ1) is 15.3. The molecule has 2 nitrogen and oxygen atoms in total. The summed E-state index contributed by atoms with van der Waals surface area (Å²) in [6.07, 6.45) is 15.6. The van der Waals surface area contributed by atoms with Crippen LogP contribution in [0.15, 0.2) is 29.8 Å². The highest BCUT2D eigenvalue weighted by Crippen LogP contribution is 2.73. The molecule has 3 saturated carbocycles. The molecule has 0 amide bonds. The Hall–Kier alpha value is -1.85. The number of terminal acetylenes is 1. The van der Waals surface area contributed by atoms with Crippen LogP contribution in [0.25, 0.3) is 0 Å². The van der Waals surface area contributed by atoms with E-state index in [2.05, 4.69) is 44.9 Å². The fourth-order valence-electron chi connectivity index (χ4n) is 9.46. The Kier molecular flexibility index (Phi) is 4.28. The lowest BCUT2D eigenvalue weighted by atomic mass is 9.38. The third kappa shape index (κ3) is 2.39. The molecule has 1 spiro atoms. The molecule has 0 saturated heterocycles. The van der Waals surface area contributed by atoms with Gasteiger partial charge in [-0.15, -0.1) is 6.42 Å².